The highest BCUT2D eigenvalue weighted by Gasteiger charge is 2.28. The summed E-state index contributed by atoms with van der Waals surface area (Å²) in [5.41, 5.74) is 0. The first kappa shape index (κ1) is 11.8. The molecule has 5 heteroatoms. The molecule has 0 aliphatic carbocycles. The van der Waals surface area contributed by atoms with Crippen LogP contribution >= 0.6 is 0 Å². The van der Waals surface area contributed by atoms with Gasteiger partial charge in [0.05, 0.1) is 18.8 Å². The zero-order valence-corrected chi connectivity index (χ0v) is 9.43. The Kier molecular flexibility index (Phi) is 4.15. The van der Waals surface area contributed by atoms with Gasteiger partial charge in [-0.25, -0.2) is 0 Å². The minimum absolute atomic E-state index is 0.00104. The quantitative estimate of drug-likeness (QED) is 0.726. The van der Waals surface area contributed by atoms with Crippen LogP contribution in [0, 0.1) is 0 Å². The summed E-state index contributed by atoms with van der Waals surface area (Å²) in [6, 6.07) is 0. The van der Waals surface area contributed by atoms with E-state index >= 15 is 0 Å². The maximum Gasteiger partial charge on any atom is 0.248 e. The number of morpholine rings is 1. The van der Waals surface area contributed by atoms with Crippen LogP contribution in [0.2, 0.25) is 0 Å². The number of rotatable bonds is 3. The van der Waals surface area contributed by atoms with E-state index in [1.54, 1.807) is 4.90 Å². The standard InChI is InChI=1S/C11H19NO4/c13-7-10-6-12(11(14)8-16-10)5-9-3-1-2-4-15-9/h9-10,13H,1-8H2. The number of hydrogen-bond acceptors (Lipinski definition) is 4. The summed E-state index contributed by atoms with van der Waals surface area (Å²) in [6.45, 7) is 1.97. The molecule has 1 N–H and O–H groups in total. The number of carbonyl (C=O) groups is 1. The Bertz CT molecular complexity index is 240. The Morgan fingerprint density at radius 1 is 1.31 bits per heavy atom. The normalized spacial score (nSPS) is 31.8. The molecule has 0 aromatic carbocycles. The molecule has 0 aromatic heterocycles. The minimum atomic E-state index is -0.235. The van der Waals surface area contributed by atoms with Gasteiger partial charge in [-0.05, 0) is 19.3 Å². The van der Waals surface area contributed by atoms with Gasteiger partial charge in [0.2, 0.25) is 5.91 Å². The lowest BCUT2D eigenvalue weighted by Gasteiger charge is -2.35. The van der Waals surface area contributed by atoms with Crippen LogP contribution in [0.1, 0.15) is 19.3 Å². The van der Waals surface area contributed by atoms with Crippen molar-refractivity contribution >= 4 is 5.91 Å². The average Bonchev–Trinajstić information content (AvgIpc) is 2.33. The van der Waals surface area contributed by atoms with Crippen molar-refractivity contribution in [1.29, 1.82) is 0 Å². The fraction of sp³-hybridized carbons (Fsp3) is 0.909. The number of nitrogens with zero attached hydrogens (tertiary/aromatic N) is 1. The summed E-state index contributed by atoms with van der Waals surface area (Å²) < 4.78 is 10.8. The van der Waals surface area contributed by atoms with Gasteiger partial charge in [0.15, 0.2) is 0 Å². The minimum Gasteiger partial charge on any atom is -0.394 e. The van der Waals surface area contributed by atoms with Gasteiger partial charge in [-0.3, -0.25) is 4.79 Å². The molecule has 2 rings (SSSR count). The molecule has 2 atom stereocenters. The first-order valence-electron chi connectivity index (χ1n) is 5.91. The molecule has 0 bridgehead atoms. The lowest BCUT2D eigenvalue weighted by molar-refractivity contribution is -0.154. The predicted molar refractivity (Wildman–Crippen MR) is 57.0 cm³/mol. The summed E-state index contributed by atoms with van der Waals surface area (Å²) in [5.74, 6) is -0.00104. The van der Waals surface area contributed by atoms with E-state index in [0.717, 1.165) is 19.4 Å². The molecule has 5 nitrogen and oxygen atoms in total. The van der Waals surface area contributed by atoms with Crippen LogP contribution in [0.3, 0.4) is 0 Å². The number of hydrogen-bond donors (Lipinski definition) is 1. The second kappa shape index (κ2) is 5.61. The van der Waals surface area contributed by atoms with Crippen molar-refractivity contribution in [1.82, 2.24) is 4.90 Å². The largest absolute Gasteiger partial charge is 0.394 e. The summed E-state index contributed by atoms with van der Waals surface area (Å²) in [7, 11) is 0. The molecule has 0 spiro atoms. The summed E-state index contributed by atoms with van der Waals surface area (Å²) in [6.07, 6.45) is 3.24. The monoisotopic (exact) mass is 229 g/mol. The van der Waals surface area contributed by atoms with Gasteiger partial charge in [-0.15, -0.1) is 0 Å². The van der Waals surface area contributed by atoms with E-state index < -0.39 is 0 Å². The lowest BCUT2D eigenvalue weighted by Crippen LogP contribution is -2.50. The maximum atomic E-state index is 11.6. The molecule has 2 fully saturated rings. The van der Waals surface area contributed by atoms with E-state index in [4.69, 9.17) is 14.6 Å². The molecule has 92 valence electrons. The van der Waals surface area contributed by atoms with E-state index in [9.17, 15) is 4.79 Å². The van der Waals surface area contributed by atoms with Crippen LogP contribution in [0.5, 0.6) is 0 Å². The van der Waals surface area contributed by atoms with Gasteiger partial charge in [0.25, 0.3) is 0 Å². The molecule has 2 aliphatic rings. The summed E-state index contributed by atoms with van der Waals surface area (Å²) in [4.78, 5) is 13.3. The number of amides is 1. The zero-order chi connectivity index (χ0) is 11.4. The summed E-state index contributed by atoms with van der Waals surface area (Å²) in [5, 5.41) is 9.01. The number of aliphatic hydroxyl groups excluding tert-OH is 1. The third-order valence-electron chi connectivity index (χ3n) is 3.12. The van der Waals surface area contributed by atoms with Gasteiger partial charge in [-0.2, -0.15) is 0 Å². The molecule has 0 aromatic rings. The third-order valence-corrected chi connectivity index (χ3v) is 3.12. The fourth-order valence-electron chi connectivity index (χ4n) is 2.16. The van der Waals surface area contributed by atoms with E-state index in [1.807, 2.05) is 0 Å². The predicted octanol–water partition coefficient (Wildman–Crippen LogP) is -0.225. The highest BCUT2D eigenvalue weighted by Crippen LogP contribution is 2.15. The van der Waals surface area contributed by atoms with E-state index in [1.165, 1.54) is 6.42 Å². The second-order valence-electron chi connectivity index (χ2n) is 4.40. The first-order valence-corrected chi connectivity index (χ1v) is 5.91. The first-order chi connectivity index (χ1) is 7.79. The smallest absolute Gasteiger partial charge is 0.248 e. The highest BCUT2D eigenvalue weighted by molar-refractivity contribution is 5.78. The van der Waals surface area contributed by atoms with Crippen molar-refractivity contribution in [3.63, 3.8) is 0 Å². The van der Waals surface area contributed by atoms with Crippen LogP contribution in [0.15, 0.2) is 0 Å². The molecule has 2 saturated heterocycles. The lowest BCUT2D eigenvalue weighted by atomic mass is 10.1. The van der Waals surface area contributed by atoms with Crippen molar-refractivity contribution in [2.45, 2.75) is 31.5 Å². The second-order valence-corrected chi connectivity index (χ2v) is 4.40. The van der Waals surface area contributed by atoms with E-state index in [2.05, 4.69) is 0 Å². The maximum absolute atomic E-state index is 11.6. The molecule has 2 unspecified atom stereocenters. The Morgan fingerprint density at radius 3 is 2.88 bits per heavy atom. The molecule has 0 saturated carbocycles. The van der Waals surface area contributed by atoms with Crippen molar-refractivity contribution in [3.05, 3.63) is 0 Å². The van der Waals surface area contributed by atoms with Gasteiger partial charge in [0, 0.05) is 19.7 Å². The molecule has 1 amide bonds. The Labute approximate surface area is 95.3 Å². The van der Waals surface area contributed by atoms with Gasteiger partial charge in [-0.1, -0.05) is 0 Å². The van der Waals surface area contributed by atoms with Crippen molar-refractivity contribution in [2.75, 3.05) is 32.9 Å². The van der Waals surface area contributed by atoms with Crippen LogP contribution < -0.4 is 0 Å². The van der Waals surface area contributed by atoms with Crippen molar-refractivity contribution in [3.8, 4) is 0 Å². The van der Waals surface area contributed by atoms with Gasteiger partial charge in [0.1, 0.15) is 6.61 Å². The number of carbonyl (C=O) groups excluding carboxylic acids is 1. The van der Waals surface area contributed by atoms with Crippen LogP contribution in [0.4, 0.5) is 0 Å². The van der Waals surface area contributed by atoms with Crippen molar-refractivity contribution < 1.29 is 19.4 Å². The van der Waals surface area contributed by atoms with Gasteiger partial charge >= 0.3 is 0 Å². The van der Waals surface area contributed by atoms with Crippen LogP contribution in [0.25, 0.3) is 0 Å². The molecule has 0 radical (unpaired) electrons. The highest BCUT2D eigenvalue weighted by atomic mass is 16.5. The third kappa shape index (κ3) is 2.93. The molecular formula is C11H19NO4. The zero-order valence-electron chi connectivity index (χ0n) is 9.43. The molecule has 2 aliphatic heterocycles. The Hall–Kier alpha value is -0.650. The van der Waals surface area contributed by atoms with E-state index in [-0.39, 0.29) is 31.3 Å². The van der Waals surface area contributed by atoms with Crippen molar-refractivity contribution in [2.24, 2.45) is 0 Å². The summed E-state index contributed by atoms with van der Waals surface area (Å²) >= 11 is 0. The van der Waals surface area contributed by atoms with E-state index in [0.29, 0.717) is 13.1 Å². The molecule has 2 heterocycles. The molecule has 16 heavy (non-hydrogen) atoms. The number of aliphatic hydroxyl groups is 1. The van der Waals surface area contributed by atoms with Gasteiger partial charge < -0.3 is 19.5 Å². The fourth-order valence-corrected chi connectivity index (χ4v) is 2.16. The van der Waals surface area contributed by atoms with Crippen LogP contribution in [-0.2, 0) is 14.3 Å². The Morgan fingerprint density at radius 2 is 2.19 bits per heavy atom. The topological polar surface area (TPSA) is 59.0 Å². The average molecular weight is 229 g/mol. The SMILES string of the molecule is O=C1COC(CO)CN1CC1CCCCO1. The Balaban J connectivity index is 1.83. The van der Waals surface area contributed by atoms with Crippen LogP contribution in [-0.4, -0.2) is 61.0 Å². The molecular weight excluding hydrogens is 210 g/mol. The number of ether oxygens (including phenoxy) is 2.